The maximum atomic E-state index is 13.0. The Bertz CT molecular complexity index is 484. The van der Waals surface area contributed by atoms with Crippen molar-refractivity contribution >= 4 is 0 Å². The second-order valence-electron chi connectivity index (χ2n) is 3.60. The van der Waals surface area contributed by atoms with Gasteiger partial charge in [-0.3, -0.25) is 0 Å². The van der Waals surface area contributed by atoms with E-state index in [0.717, 1.165) is 0 Å². The van der Waals surface area contributed by atoms with Crippen molar-refractivity contribution in [1.82, 2.24) is 10.1 Å². The lowest BCUT2D eigenvalue weighted by molar-refractivity contribution is 0.417. The van der Waals surface area contributed by atoms with E-state index in [-0.39, 0.29) is 11.7 Å². The summed E-state index contributed by atoms with van der Waals surface area (Å²) in [6, 6.07) is 6.03. The van der Waals surface area contributed by atoms with Gasteiger partial charge in [0.05, 0.1) is 0 Å². The predicted molar refractivity (Wildman–Crippen MR) is 57.2 cm³/mol. The summed E-state index contributed by atoms with van der Waals surface area (Å²) < 4.78 is 18.0. The third-order valence-electron chi connectivity index (χ3n) is 2.31. The standard InChI is InChI=1S/C11H12FN3O/c1-7(6-13)10-14-11(16-15-10)8-3-2-4-9(12)5-8/h2-5,7H,6,13H2,1H3. The topological polar surface area (TPSA) is 64.9 Å². The van der Waals surface area contributed by atoms with Gasteiger partial charge in [0.15, 0.2) is 5.82 Å². The lowest BCUT2D eigenvalue weighted by Crippen LogP contribution is -2.10. The zero-order valence-corrected chi connectivity index (χ0v) is 8.85. The zero-order chi connectivity index (χ0) is 11.5. The van der Waals surface area contributed by atoms with Crippen LogP contribution in [0.2, 0.25) is 0 Å². The molecular weight excluding hydrogens is 209 g/mol. The zero-order valence-electron chi connectivity index (χ0n) is 8.85. The second kappa shape index (κ2) is 4.40. The van der Waals surface area contributed by atoms with Crippen LogP contribution < -0.4 is 5.73 Å². The molecule has 0 amide bonds. The summed E-state index contributed by atoms with van der Waals surface area (Å²) >= 11 is 0. The molecule has 2 N–H and O–H groups in total. The van der Waals surface area contributed by atoms with Gasteiger partial charge < -0.3 is 10.3 Å². The first-order valence-electron chi connectivity index (χ1n) is 5.00. The normalized spacial score (nSPS) is 12.7. The Kier molecular flexibility index (Phi) is 2.96. The molecule has 0 saturated carbocycles. The Morgan fingerprint density at radius 2 is 2.31 bits per heavy atom. The lowest BCUT2D eigenvalue weighted by atomic mass is 10.2. The SMILES string of the molecule is CC(CN)c1noc(-c2cccc(F)c2)n1. The summed E-state index contributed by atoms with van der Waals surface area (Å²) in [5.41, 5.74) is 6.07. The highest BCUT2D eigenvalue weighted by Gasteiger charge is 2.13. The van der Waals surface area contributed by atoms with E-state index in [9.17, 15) is 4.39 Å². The number of halogens is 1. The van der Waals surface area contributed by atoms with E-state index in [1.165, 1.54) is 12.1 Å². The van der Waals surface area contributed by atoms with Gasteiger partial charge in [0, 0.05) is 18.0 Å². The summed E-state index contributed by atoms with van der Waals surface area (Å²) in [5, 5.41) is 3.80. The molecule has 1 atom stereocenters. The van der Waals surface area contributed by atoms with Crippen molar-refractivity contribution in [1.29, 1.82) is 0 Å². The molecule has 0 saturated heterocycles. The van der Waals surface area contributed by atoms with Gasteiger partial charge in [-0.15, -0.1) is 0 Å². The molecule has 2 aromatic rings. The number of hydrogen-bond donors (Lipinski definition) is 1. The van der Waals surface area contributed by atoms with Crippen molar-refractivity contribution in [2.45, 2.75) is 12.8 Å². The second-order valence-corrected chi connectivity index (χ2v) is 3.60. The van der Waals surface area contributed by atoms with Crippen molar-refractivity contribution < 1.29 is 8.91 Å². The Hall–Kier alpha value is -1.75. The molecule has 0 fully saturated rings. The largest absolute Gasteiger partial charge is 0.334 e. The molecule has 84 valence electrons. The van der Waals surface area contributed by atoms with E-state index in [1.807, 2.05) is 6.92 Å². The van der Waals surface area contributed by atoms with Crippen molar-refractivity contribution in [2.24, 2.45) is 5.73 Å². The van der Waals surface area contributed by atoms with E-state index in [4.69, 9.17) is 10.3 Å². The molecule has 2 rings (SSSR count). The Morgan fingerprint density at radius 3 is 3.00 bits per heavy atom. The highest BCUT2D eigenvalue weighted by atomic mass is 19.1. The van der Waals surface area contributed by atoms with Crippen LogP contribution in [0.4, 0.5) is 4.39 Å². The van der Waals surface area contributed by atoms with Gasteiger partial charge in [-0.05, 0) is 18.2 Å². The predicted octanol–water partition coefficient (Wildman–Crippen LogP) is 1.94. The van der Waals surface area contributed by atoms with Gasteiger partial charge in [-0.1, -0.05) is 18.1 Å². The van der Waals surface area contributed by atoms with E-state index in [0.29, 0.717) is 23.8 Å². The van der Waals surface area contributed by atoms with Crippen LogP contribution >= 0.6 is 0 Å². The lowest BCUT2D eigenvalue weighted by Gasteiger charge is -1.98. The van der Waals surface area contributed by atoms with Crippen molar-refractivity contribution in [3.8, 4) is 11.5 Å². The van der Waals surface area contributed by atoms with Crippen LogP contribution in [0.5, 0.6) is 0 Å². The smallest absolute Gasteiger partial charge is 0.258 e. The third-order valence-corrected chi connectivity index (χ3v) is 2.31. The molecule has 0 aliphatic carbocycles. The summed E-state index contributed by atoms with van der Waals surface area (Å²) in [6.07, 6.45) is 0. The van der Waals surface area contributed by atoms with Crippen LogP contribution in [0.25, 0.3) is 11.5 Å². The Labute approximate surface area is 92.3 Å². The van der Waals surface area contributed by atoms with Crippen LogP contribution in [-0.2, 0) is 0 Å². The fourth-order valence-electron chi connectivity index (χ4n) is 1.28. The van der Waals surface area contributed by atoms with Crippen molar-refractivity contribution in [2.75, 3.05) is 6.54 Å². The quantitative estimate of drug-likeness (QED) is 0.860. The third kappa shape index (κ3) is 2.09. The fourth-order valence-corrected chi connectivity index (χ4v) is 1.28. The average Bonchev–Trinajstić information content (AvgIpc) is 2.77. The molecule has 1 aromatic heterocycles. The minimum Gasteiger partial charge on any atom is -0.334 e. The molecule has 0 spiro atoms. The van der Waals surface area contributed by atoms with Gasteiger partial charge in [-0.25, -0.2) is 4.39 Å². The van der Waals surface area contributed by atoms with Gasteiger partial charge in [0.25, 0.3) is 5.89 Å². The number of nitrogens with two attached hydrogens (primary N) is 1. The van der Waals surface area contributed by atoms with E-state index >= 15 is 0 Å². The Balaban J connectivity index is 2.31. The van der Waals surface area contributed by atoms with Gasteiger partial charge in [-0.2, -0.15) is 4.98 Å². The monoisotopic (exact) mass is 221 g/mol. The maximum Gasteiger partial charge on any atom is 0.258 e. The van der Waals surface area contributed by atoms with Crippen LogP contribution in [0, 0.1) is 5.82 Å². The number of rotatable bonds is 3. The Morgan fingerprint density at radius 1 is 1.50 bits per heavy atom. The van der Waals surface area contributed by atoms with Crippen LogP contribution in [0.1, 0.15) is 18.7 Å². The fraction of sp³-hybridized carbons (Fsp3) is 0.273. The number of aromatic nitrogens is 2. The first kappa shape index (κ1) is 10.8. The number of benzene rings is 1. The van der Waals surface area contributed by atoms with E-state index < -0.39 is 0 Å². The van der Waals surface area contributed by atoms with Gasteiger partial charge >= 0.3 is 0 Å². The molecule has 1 heterocycles. The molecule has 5 heteroatoms. The molecule has 1 unspecified atom stereocenters. The minimum absolute atomic E-state index is 0.0334. The summed E-state index contributed by atoms with van der Waals surface area (Å²) in [7, 11) is 0. The summed E-state index contributed by atoms with van der Waals surface area (Å²) in [5.74, 6) is 0.562. The van der Waals surface area contributed by atoms with Crippen LogP contribution in [0.15, 0.2) is 28.8 Å². The van der Waals surface area contributed by atoms with Gasteiger partial charge in [0.2, 0.25) is 0 Å². The van der Waals surface area contributed by atoms with Gasteiger partial charge in [0.1, 0.15) is 5.82 Å². The van der Waals surface area contributed by atoms with E-state index in [1.54, 1.807) is 12.1 Å². The molecule has 16 heavy (non-hydrogen) atoms. The molecular formula is C11H12FN3O. The summed E-state index contributed by atoms with van der Waals surface area (Å²) in [6.45, 7) is 2.35. The maximum absolute atomic E-state index is 13.0. The molecule has 0 radical (unpaired) electrons. The molecule has 0 aliphatic rings. The highest BCUT2D eigenvalue weighted by Crippen LogP contribution is 2.20. The van der Waals surface area contributed by atoms with Crippen LogP contribution in [0.3, 0.4) is 0 Å². The highest BCUT2D eigenvalue weighted by molar-refractivity contribution is 5.52. The van der Waals surface area contributed by atoms with E-state index in [2.05, 4.69) is 10.1 Å². The molecule has 1 aromatic carbocycles. The van der Waals surface area contributed by atoms with Crippen molar-refractivity contribution in [3.05, 3.63) is 35.9 Å². The summed E-state index contributed by atoms with van der Waals surface area (Å²) in [4.78, 5) is 4.17. The van der Waals surface area contributed by atoms with Crippen molar-refractivity contribution in [3.63, 3.8) is 0 Å². The first-order valence-corrected chi connectivity index (χ1v) is 5.00. The molecule has 4 nitrogen and oxygen atoms in total. The molecule has 0 aliphatic heterocycles. The minimum atomic E-state index is -0.330. The number of hydrogen-bond acceptors (Lipinski definition) is 4. The average molecular weight is 221 g/mol. The number of nitrogens with zero attached hydrogens (tertiary/aromatic N) is 2. The van der Waals surface area contributed by atoms with Crippen LogP contribution in [-0.4, -0.2) is 16.7 Å². The first-order chi connectivity index (χ1) is 7.70. The molecule has 0 bridgehead atoms.